The van der Waals surface area contributed by atoms with Crippen LogP contribution in [0.2, 0.25) is 0 Å². The van der Waals surface area contributed by atoms with Crippen molar-refractivity contribution < 1.29 is 9.59 Å². The number of hydrogen-bond donors (Lipinski definition) is 4. The Morgan fingerprint density at radius 2 is 2.07 bits per heavy atom. The Kier molecular flexibility index (Phi) is 4.79. The third-order valence-corrected chi connectivity index (χ3v) is 5.30. The van der Waals surface area contributed by atoms with Crippen molar-refractivity contribution in [3.63, 3.8) is 0 Å². The zero-order valence-electron chi connectivity index (χ0n) is 15.6. The lowest BCUT2D eigenvalue weighted by Crippen LogP contribution is -2.14. The van der Waals surface area contributed by atoms with Gasteiger partial charge in [0.2, 0.25) is 5.91 Å². The summed E-state index contributed by atoms with van der Waals surface area (Å²) >= 11 is 0. The smallest absolute Gasteiger partial charge is 0.228 e. The lowest BCUT2D eigenvalue weighted by atomic mass is 10.0. The van der Waals surface area contributed by atoms with E-state index in [1.165, 1.54) is 11.8 Å². The highest BCUT2D eigenvalue weighted by atomic mass is 16.2. The second-order valence-electron chi connectivity index (χ2n) is 7.15. The van der Waals surface area contributed by atoms with Gasteiger partial charge in [0.15, 0.2) is 6.29 Å². The molecule has 6 nitrogen and oxygen atoms in total. The van der Waals surface area contributed by atoms with Gasteiger partial charge >= 0.3 is 0 Å². The van der Waals surface area contributed by atoms with Crippen LogP contribution in [0.4, 0.5) is 5.69 Å². The maximum atomic E-state index is 12.7. The van der Waals surface area contributed by atoms with E-state index in [0.29, 0.717) is 28.7 Å². The number of nitrogens with one attached hydrogen (secondary N) is 4. The molecule has 0 aliphatic heterocycles. The topological polar surface area (TPSA) is 97.8 Å². The fraction of sp³-hybridized carbons (Fsp3) is 0.227. The van der Waals surface area contributed by atoms with Crippen LogP contribution in [0, 0.1) is 11.3 Å². The quantitative estimate of drug-likeness (QED) is 0.377. The predicted octanol–water partition coefficient (Wildman–Crippen LogP) is 3.44. The Hall–Kier alpha value is -3.25. The van der Waals surface area contributed by atoms with Gasteiger partial charge in [-0.1, -0.05) is 30.3 Å². The summed E-state index contributed by atoms with van der Waals surface area (Å²) in [5, 5.41) is 14.4. The van der Waals surface area contributed by atoms with Crippen molar-refractivity contribution in [3.05, 3.63) is 64.8 Å². The van der Waals surface area contributed by atoms with Gasteiger partial charge in [-0.3, -0.25) is 9.59 Å². The van der Waals surface area contributed by atoms with Gasteiger partial charge in [-0.2, -0.15) is 0 Å². The normalized spacial score (nSPS) is 18.0. The fourth-order valence-electron chi connectivity index (χ4n) is 3.87. The molecule has 4 rings (SSSR count). The molecule has 28 heavy (non-hydrogen) atoms. The molecule has 1 aromatic heterocycles. The van der Waals surface area contributed by atoms with Crippen LogP contribution < -0.4 is 10.6 Å². The van der Waals surface area contributed by atoms with E-state index in [0.717, 1.165) is 23.9 Å². The molecule has 0 bridgehead atoms. The lowest BCUT2D eigenvalue weighted by molar-refractivity contribution is -0.117. The minimum atomic E-state index is -0.0431. The molecule has 6 heteroatoms. The number of amides is 1. The van der Waals surface area contributed by atoms with Gasteiger partial charge < -0.3 is 21.0 Å². The molecule has 2 aromatic carbocycles. The first kappa shape index (κ1) is 18.1. The number of H-pyrrole nitrogens is 1. The highest BCUT2D eigenvalue weighted by Gasteiger charge is 2.43. The Balaban J connectivity index is 1.60. The van der Waals surface area contributed by atoms with Crippen LogP contribution in [-0.2, 0) is 11.3 Å². The molecule has 1 saturated carbocycles. The van der Waals surface area contributed by atoms with E-state index in [-0.39, 0.29) is 17.7 Å². The van der Waals surface area contributed by atoms with Crippen LogP contribution in [0.3, 0.4) is 0 Å². The van der Waals surface area contributed by atoms with Crippen LogP contribution in [0.1, 0.15) is 39.5 Å². The van der Waals surface area contributed by atoms with Gasteiger partial charge in [0.1, 0.15) is 0 Å². The molecule has 4 N–H and O–H groups in total. The number of anilines is 1. The van der Waals surface area contributed by atoms with E-state index < -0.39 is 0 Å². The maximum Gasteiger partial charge on any atom is 0.228 e. The van der Waals surface area contributed by atoms with Crippen molar-refractivity contribution in [1.29, 1.82) is 5.41 Å². The lowest BCUT2D eigenvalue weighted by Gasteiger charge is -2.07. The van der Waals surface area contributed by atoms with E-state index in [2.05, 4.69) is 27.8 Å². The molecule has 142 valence electrons. The number of rotatable bonds is 7. The largest absolute Gasteiger partial charge is 0.357 e. The van der Waals surface area contributed by atoms with Crippen molar-refractivity contribution in [3.8, 4) is 0 Å². The minimum absolute atomic E-state index is 0.0284. The number of fused-ring (bicyclic) bond motifs is 1. The van der Waals surface area contributed by atoms with Crippen molar-refractivity contribution in [2.75, 3.05) is 12.4 Å². The number of aldehydes is 1. The second-order valence-corrected chi connectivity index (χ2v) is 7.15. The summed E-state index contributed by atoms with van der Waals surface area (Å²) in [5.74, 6) is 0.186. The molecule has 0 spiro atoms. The molecular weight excluding hydrogens is 352 g/mol. The summed E-state index contributed by atoms with van der Waals surface area (Å²) in [7, 11) is 1.82. The molecule has 1 amide bonds. The number of hydrogen-bond acceptors (Lipinski definition) is 4. The van der Waals surface area contributed by atoms with E-state index in [9.17, 15) is 9.59 Å². The van der Waals surface area contributed by atoms with E-state index >= 15 is 0 Å². The Morgan fingerprint density at radius 3 is 2.75 bits per heavy atom. The summed E-state index contributed by atoms with van der Waals surface area (Å²) in [6, 6.07) is 13.6. The SMILES string of the molecule is CNCc1[nH]c2cc(NC(=O)[C@@H]3C[C@H]3c3ccccc3)cc(C=O)c2c1C=N. The molecule has 0 saturated heterocycles. The van der Waals surface area contributed by atoms with Crippen LogP contribution in [0.5, 0.6) is 0 Å². The van der Waals surface area contributed by atoms with Crippen molar-refractivity contribution in [2.24, 2.45) is 5.92 Å². The molecule has 2 atom stereocenters. The Bertz CT molecular complexity index is 1060. The number of aromatic nitrogens is 1. The highest BCUT2D eigenvalue weighted by molar-refractivity contribution is 6.10. The first-order valence-electron chi connectivity index (χ1n) is 9.31. The first-order valence-corrected chi connectivity index (χ1v) is 9.31. The second kappa shape index (κ2) is 7.40. The van der Waals surface area contributed by atoms with Crippen LogP contribution in [0.15, 0.2) is 42.5 Å². The van der Waals surface area contributed by atoms with Gasteiger partial charge in [-0.05, 0) is 37.1 Å². The molecule has 1 fully saturated rings. The van der Waals surface area contributed by atoms with Crippen LogP contribution in [0.25, 0.3) is 10.9 Å². The molecule has 3 aromatic rings. The van der Waals surface area contributed by atoms with Gasteiger partial charge in [0.05, 0.1) is 0 Å². The predicted molar refractivity (Wildman–Crippen MR) is 110 cm³/mol. The third-order valence-electron chi connectivity index (χ3n) is 5.30. The first-order chi connectivity index (χ1) is 13.7. The average Bonchev–Trinajstić information content (AvgIpc) is 3.44. The van der Waals surface area contributed by atoms with Crippen molar-refractivity contribution >= 4 is 35.0 Å². The molecule has 1 heterocycles. The van der Waals surface area contributed by atoms with Crippen LogP contribution in [-0.4, -0.2) is 30.4 Å². The van der Waals surface area contributed by atoms with Crippen LogP contribution >= 0.6 is 0 Å². The Labute approximate surface area is 162 Å². The number of carbonyl (C=O) groups excluding carboxylic acids is 2. The average molecular weight is 374 g/mol. The molecular formula is C22H22N4O2. The summed E-state index contributed by atoms with van der Waals surface area (Å²) in [6.07, 6.45) is 2.86. The molecule has 1 aliphatic rings. The zero-order chi connectivity index (χ0) is 19.7. The fourth-order valence-corrected chi connectivity index (χ4v) is 3.87. The monoisotopic (exact) mass is 374 g/mol. The summed E-state index contributed by atoms with van der Waals surface area (Å²) in [5.41, 5.74) is 4.50. The van der Waals surface area contributed by atoms with Gasteiger partial charge in [0, 0.05) is 52.1 Å². The van der Waals surface area contributed by atoms with E-state index in [1.807, 2.05) is 31.3 Å². The third kappa shape index (κ3) is 3.23. The van der Waals surface area contributed by atoms with Crippen molar-refractivity contribution in [1.82, 2.24) is 10.3 Å². The highest BCUT2D eigenvalue weighted by Crippen LogP contribution is 2.48. The molecule has 0 unspecified atom stereocenters. The Morgan fingerprint density at radius 1 is 1.29 bits per heavy atom. The summed E-state index contributed by atoms with van der Waals surface area (Å²) in [6.45, 7) is 0.556. The van der Waals surface area contributed by atoms with Gasteiger partial charge in [-0.25, -0.2) is 0 Å². The maximum absolute atomic E-state index is 12.7. The summed E-state index contributed by atoms with van der Waals surface area (Å²) < 4.78 is 0. The molecule has 0 radical (unpaired) electrons. The number of carbonyl (C=O) groups is 2. The summed E-state index contributed by atoms with van der Waals surface area (Å²) in [4.78, 5) is 27.6. The van der Waals surface area contributed by atoms with Gasteiger partial charge in [0.25, 0.3) is 0 Å². The van der Waals surface area contributed by atoms with Gasteiger partial charge in [-0.15, -0.1) is 0 Å². The zero-order valence-corrected chi connectivity index (χ0v) is 15.6. The minimum Gasteiger partial charge on any atom is -0.357 e. The molecule has 1 aliphatic carbocycles. The van der Waals surface area contributed by atoms with E-state index in [1.54, 1.807) is 6.07 Å². The standard InChI is InChI=1S/C22H22N4O2/c1-24-11-20-18(10-23)21-14(12-27)7-15(8-19(21)26-20)25-22(28)17-9-16(17)13-5-3-2-4-6-13/h2-8,10,12,16-17,23-24,26H,9,11H2,1H3,(H,25,28)/t16-,17+/m0/s1. The van der Waals surface area contributed by atoms with E-state index in [4.69, 9.17) is 5.41 Å². The number of aromatic amines is 1. The number of benzene rings is 2. The van der Waals surface area contributed by atoms with Crippen molar-refractivity contribution in [2.45, 2.75) is 18.9 Å².